The highest BCUT2D eigenvalue weighted by Gasteiger charge is 2.28. The van der Waals surface area contributed by atoms with Gasteiger partial charge < -0.3 is 4.90 Å². The zero-order valence-electron chi connectivity index (χ0n) is 27.6. The Kier molecular flexibility index (Phi) is 6.00. The third-order valence-electron chi connectivity index (χ3n) is 10.6. The molecule has 0 N–H and O–H groups in total. The van der Waals surface area contributed by atoms with Gasteiger partial charge in [-0.2, -0.15) is 0 Å². The Morgan fingerprint density at radius 3 is 1.77 bits per heavy atom. The fourth-order valence-corrected chi connectivity index (χ4v) is 11.5. The number of benzene rings is 8. The zero-order valence-corrected chi connectivity index (χ0v) is 30.1. The monoisotopic (exact) mass is 714 g/mol. The van der Waals surface area contributed by atoms with Gasteiger partial charge in [0.1, 0.15) is 5.01 Å². The largest absolute Gasteiger partial charge is 0.310 e. The molecule has 5 heteroatoms. The van der Waals surface area contributed by atoms with Crippen LogP contribution in [-0.4, -0.2) is 4.98 Å². The van der Waals surface area contributed by atoms with E-state index in [1.807, 2.05) is 34.0 Å². The Labute approximate surface area is 311 Å². The molecular weight excluding hydrogens is 689 g/mol. The van der Waals surface area contributed by atoms with Crippen molar-refractivity contribution in [3.05, 3.63) is 158 Å². The Bertz CT molecular complexity index is 3160. The minimum absolute atomic E-state index is 1.06. The van der Waals surface area contributed by atoms with Crippen LogP contribution in [0.25, 0.3) is 94.2 Å². The molecule has 0 fully saturated rings. The van der Waals surface area contributed by atoms with E-state index < -0.39 is 0 Å². The van der Waals surface area contributed by atoms with Crippen LogP contribution in [-0.2, 0) is 0 Å². The SMILES string of the molecule is c1ccc2cc(-c3nc4c(s3)-c3cc(N(c5ccc6sc7ccccc7c6c5)c5ccc6sc7ccccc7c6c5)cc5cccc-4c35)ccc2c1. The molecule has 11 aromatic rings. The lowest BCUT2D eigenvalue weighted by Gasteiger charge is -2.27. The highest BCUT2D eigenvalue weighted by atomic mass is 32.1. The van der Waals surface area contributed by atoms with E-state index in [2.05, 4.69) is 163 Å². The fraction of sp³-hybridized carbons (Fsp3) is 0. The van der Waals surface area contributed by atoms with Crippen LogP contribution in [0.5, 0.6) is 0 Å². The predicted molar refractivity (Wildman–Crippen MR) is 227 cm³/mol. The van der Waals surface area contributed by atoms with Gasteiger partial charge >= 0.3 is 0 Å². The van der Waals surface area contributed by atoms with Crippen LogP contribution in [0.2, 0.25) is 0 Å². The highest BCUT2D eigenvalue weighted by molar-refractivity contribution is 7.26. The maximum absolute atomic E-state index is 5.32. The highest BCUT2D eigenvalue weighted by Crippen LogP contribution is 2.54. The second-order valence-corrected chi connectivity index (χ2v) is 16.7. The average molecular weight is 715 g/mol. The lowest BCUT2D eigenvalue weighted by molar-refractivity contribution is 1.30. The van der Waals surface area contributed by atoms with Crippen LogP contribution in [0.4, 0.5) is 17.1 Å². The summed E-state index contributed by atoms with van der Waals surface area (Å²) >= 11 is 5.53. The van der Waals surface area contributed by atoms with E-state index in [-0.39, 0.29) is 0 Å². The topological polar surface area (TPSA) is 16.1 Å². The molecule has 0 atom stereocenters. The number of aromatic nitrogens is 1. The molecule has 0 aliphatic heterocycles. The number of nitrogens with zero attached hydrogens (tertiary/aromatic N) is 2. The quantitative estimate of drug-likeness (QED) is 0.180. The number of fused-ring (bicyclic) bond motifs is 10. The molecule has 52 heavy (non-hydrogen) atoms. The lowest BCUT2D eigenvalue weighted by Crippen LogP contribution is -2.10. The first-order chi connectivity index (χ1) is 25.7. The van der Waals surface area contributed by atoms with Gasteiger partial charge in [0.15, 0.2) is 0 Å². The van der Waals surface area contributed by atoms with E-state index in [1.165, 1.54) is 77.9 Å². The van der Waals surface area contributed by atoms with Gasteiger partial charge in [0.2, 0.25) is 0 Å². The Morgan fingerprint density at radius 2 is 1.04 bits per heavy atom. The number of thiophene rings is 2. The molecule has 0 radical (unpaired) electrons. The summed E-state index contributed by atoms with van der Waals surface area (Å²) in [5.74, 6) is 0. The van der Waals surface area contributed by atoms with Gasteiger partial charge in [-0.25, -0.2) is 4.98 Å². The van der Waals surface area contributed by atoms with Crippen molar-refractivity contribution in [3.63, 3.8) is 0 Å². The minimum Gasteiger partial charge on any atom is -0.310 e. The molecule has 0 spiro atoms. The van der Waals surface area contributed by atoms with Crippen LogP contribution in [0, 0.1) is 0 Å². The van der Waals surface area contributed by atoms with E-state index in [1.54, 1.807) is 0 Å². The third-order valence-corrected chi connectivity index (χ3v) is 14.0. The molecule has 0 saturated heterocycles. The smallest absolute Gasteiger partial charge is 0.124 e. The lowest BCUT2D eigenvalue weighted by atomic mass is 10.0. The van der Waals surface area contributed by atoms with Crippen molar-refractivity contribution in [1.82, 2.24) is 4.98 Å². The molecule has 3 heterocycles. The van der Waals surface area contributed by atoms with E-state index >= 15 is 0 Å². The predicted octanol–water partition coefficient (Wildman–Crippen LogP) is 15.0. The molecule has 2 nitrogen and oxygen atoms in total. The standard InChI is InChI=1S/C47H26N2S3/c1-2-9-28-22-30(17-16-27(28)8-1)47-48-45-36-13-7-10-29-23-33(26-39(44(29)36)46(45)52-47)49(31-18-20-42-37(24-31)34-11-3-5-14-40(34)50-42)32-19-21-43-38(25-32)35-12-4-6-15-41(35)51-43/h1-26H. The number of thiazole rings is 1. The molecule has 0 amide bonds. The molecule has 0 bridgehead atoms. The number of hydrogen-bond donors (Lipinski definition) is 0. The van der Waals surface area contributed by atoms with Crippen molar-refractivity contribution in [2.75, 3.05) is 4.90 Å². The normalized spacial score (nSPS) is 12.2. The molecule has 12 rings (SSSR count). The molecular formula is C47H26N2S3. The second kappa shape index (κ2) is 10.8. The van der Waals surface area contributed by atoms with Gasteiger partial charge in [-0.3, -0.25) is 0 Å². The van der Waals surface area contributed by atoms with Gasteiger partial charge in [-0.05, 0) is 88.3 Å². The Morgan fingerprint density at radius 1 is 0.404 bits per heavy atom. The van der Waals surface area contributed by atoms with Crippen LogP contribution in [0.1, 0.15) is 0 Å². The van der Waals surface area contributed by atoms with Crippen molar-refractivity contribution in [1.29, 1.82) is 0 Å². The average Bonchev–Trinajstić information content (AvgIpc) is 3.96. The van der Waals surface area contributed by atoms with Gasteiger partial charge in [0.25, 0.3) is 0 Å². The number of rotatable bonds is 4. The summed E-state index contributed by atoms with van der Waals surface area (Å²) in [6.45, 7) is 0. The maximum atomic E-state index is 5.32. The summed E-state index contributed by atoms with van der Waals surface area (Å²) in [7, 11) is 0. The van der Waals surface area contributed by atoms with Crippen LogP contribution in [0.3, 0.4) is 0 Å². The van der Waals surface area contributed by atoms with Crippen LogP contribution < -0.4 is 4.90 Å². The maximum Gasteiger partial charge on any atom is 0.124 e. The van der Waals surface area contributed by atoms with Crippen molar-refractivity contribution >= 4 is 113 Å². The minimum atomic E-state index is 1.06. The summed E-state index contributed by atoms with van der Waals surface area (Å²) < 4.78 is 5.25. The number of anilines is 3. The Hall–Kier alpha value is -5.85. The van der Waals surface area contributed by atoms with E-state index in [0.29, 0.717) is 0 Å². The summed E-state index contributed by atoms with van der Waals surface area (Å²) in [5.41, 5.74) is 8.19. The molecule has 1 aliphatic rings. The molecule has 1 aliphatic carbocycles. The van der Waals surface area contributed by atoms with E-state index in [0.717, 1.165) is 33.3 Å². The van der Waals surface area contributed by atoms with Crippen molar-refractivity contribution in [2.45, 2.75) is 0 Å². The summed E-state index contributed by atoms with van der Waals surface area (Å²) in [5, 5.41) is 11.3. The number of hydrogen-bond acceptors (Lipinski definition) is 5. The summed E-state index contributed by atoms with van der Waals surface area (Å²) in [6.07, 6.45) is 0. The Balaban J connectivity index is 1.09. The molecule has 242 valence electrons. The summed E-state index contributed by atoms with van der Waals surface area (Å²) in [4.78, 5) is 9.03. The second-order valence-electron chi connectivity index (χ2n) is 13.5. The van der Waals surface area contributed by atoms with Crippen molar-refractivity contribution in [3.8, 4) is 32.3 Å². The molecule has 8 aromatic carbocycles. The van der Waals surface area contributed by atoms with Gasteiger partial charge in [0, 0.05) is 74.1 Å². The van der Waals surface area contributed by atoms with E-state index in [9.17, 15) is 0 Å². The zero-order chi connectivity index (χ0) is 33.9. The fourth-order valence-electron chi connectivity index (χ4n) is 8.20. The van der Waals surface area contributed by atoms with Gasteiger partial charge in [-0.15, -0.1) is 34.0 Å². The first kappa shape index (κ1) is 28.8. The van der Waals surface area contributed by atoms with E-state index in [4.69, 9.17) is 4.98 Å². The van der Waals surface area contributed by atoms with Gasteiger partial charge in [-0.1, -0.05) is 91.0 Å². The molecule has 0 unspecified atom stereocenters. The molecule has 0 saturated carbocycles. The van der Waals surface area contributed by atoms with Gasteiger partial charge in [0.05, 0.1) is 10.6 Å². The summed E-state index contributed by atoms with van der Waals surface area (Å²) in [6, 6.07) is 58.2. The first-order valence-electron chi connectivity index (χ1n) is 17.4. The first-order valence-corrected chi connectivity index (χ1v) is 19.9. The van der Waals surface area contributed by atoms with Crippen molar-refractivity contribution < 1.29 is 0 Å². The molecule has 3 aromatic heterocycles. The van der Waals surface area contributed by atoms with Crippen molar-refractivity contribution in [2.24, 2.45) is 0 Å². The van der Waals surface area contributed by atoms with Crippen LogP contribution >= 0.6 is 34.0 Å². The van der Waals surface area contributed by atoms with Crippen LogP contribution in [0.15, 0.2) is 158 Å². The third kappa shape index (κ3) is 4.19.